The van der Waals surface area contributed by atoms with Crippen LogP contribution in [0.2, 0.25) is 0 Å². The molecule has 0 heterocycles. The number of ether oxygens (including phenoxy) is 2. The van der Waals surface area contributed by atoms with Crippen molar-refractivity contribution < 1.29 is 49.0 Å². The lowest BCUT2D eigenvalue weighted by atomic mass is 9.84. The van der Waals surface area contributed by atoms with Gasteiger partial charge in [-0.2, -0.15) is 17.6 Å². The second-order valence-electron chi connectivity index (χ2n) is 11.1. The molecule has 0 saturated heterocycles. The molecule has 0 atom stereocenters. The number of rotatable bonds is 10. The molecule has 2 nitrogen and oxygen atoms in total. The average Bonchev–Trinajstić information content (AvgIpc) is 2.94. The van der Waals surface area contributed by atoms with E-state index in [1.807, 2.05) is 6.92 Å². The molecule has 232 valence electrons. The van der Waals surface area contributed by atoms with E-state index in [4.69, 9.17) is 9.47 Å². The van der Waals surface area contributed by atoms with Crippen LogP contribution in [0.1, 0.15) is 81.4 Å². The van der Waals surface area contributed by atoms with Gasteiger partial charge in [-0.3, -0.25) is 0 Å². The molecule has 2 aromatic carbocycles. The maximum absolute atomic E-state index is 15.0. The normalized spacial score (nSPS) is 24.4. The van der Waals surface area contributed by atoms with E-state index in [-0.39, 0.29) is 51.4 Å². The molecule has 0 radical (unpaired) electrons. The van der Waals surface area contributed by atoms with Crippen LogP contribution in [0.25, 0.3) is 5.83 Å². The van der Waals surface area contributed by atoms with E-state index < -0.39 is 76.5 Å². The lowest BCUT2D eigenvalue weighted by Crippen LogP contribution is -2.40. The Balaban J connectivity index is 1.27. The van der Waals surface area contributed by atoms with Gasteiger partial charge in [0.15, 0.2) is 17.5 Å². The lowest BCUT2D eigenvalue weighted by molar-refractivity contribution is -0.311. The Kier molecular flexibility index (Phi) is 10.3. The molecule has 42 heavy (non-hydrogen) atoms. The van der Waals surface area contributed by atoms with E-state index in [1.54, 1.807) is 0 Å². The Labute approximate surface area is 238 Å². The first kappa shape index (κ1) is 32.4. The van der Waals surface area contributed by atoms with Crippen molar-refractivity contribution in [1.82, 2.24) is 0 Å². The predicted molar refractivity (Wildman–Crippen MR) is 138 cm³/mol. The highest BCUT2D eigenvalue weighted by molar-refractivity contribution is 5.61. The number of hydrogen-bond donors (Lipinski definition) is 0. The summed E-state index contributed by atoms with van der Waals surface area (Å²) in [4.78, 5) is 0. The minimum atomic E-state index is -3.92. The Morgan fingerprint density at radius 3 is 1.95 bits per heavy atom. The highest BCUT2D eigenvalue weighted by Crippen LogP contribution is 2.44. The Morgan fingerprint density at radius 1 is 0.738 bits per heavy atom. The van der Waals surface area contributed by atoms with Crippen molar-refractivity contribution in [2.75, 3.05) is 0 Å². The van der Waals surface area contributed by atoms with Crippen LogP contribution in [0.15, 0.2) is 42.2 Å². The summed E-state index contributed by atoms with van der Waals surface area (Å²) in [5, 5.41) is 0. The van der Waals surface area contributed by atoms with Gasteiger partial charge in [0.2, 0.25) is 0 Å². The van der Waals surface area contributed by atoms with Gasteiger partial charge in [0, 0.05) is 11.5 Å². The molecule has 2 aromatic rings. The highest BCUT2D eigenvalue weighted by Gasteiger charge is 2.47. The third kappa shape index (κ3) is 7.70. The van der Waals surface area contributed by atoms with Crippen molar-refractivity contribution in [2.45, 2.75) is 95.6 Å². The van der Waals surface area contributed by atoms with Gasteiger partial charge in [-0.1, -0.05) is 19.4 Å². The van der Waals surface area contributed by atoms with Gasteiger partial charge in [-0.15, -0.1) is 0 Å². The van der Waals surface area contributed by atoms with Crippen molar-refractivity contribution in [3.8, 4) is 0 Å². The van der Waals surface area contributed by atoms with E-state index in [1.165, 1.54) is 6.07 Å². The lowest BCUT2D eigenvalue weighted by Gasteiger charge is -2.37. The number of halogens is 9. The molecule has 2 fully saturated rings. The van der Waals surface area contributed by atoms with E-state index in [0.717, 1.165) is 24.6 Å². The molecule has 0 bridgehead atoms. The molecule has 2 saturated carbocycles. The number of aryl methyl sites for hydroxylation is 1. The van der Waals surface area contributed by atoms with Crippen LogP contribution in [0.4, 0.5) is 39.5 Å². The maximum Gasteiger partial charge on any atom is 0.386 e. The first-order valence-corrected chi connectivity index (χ1v) is 14.2. The number of alkyl halides is 4. The molecule has 2 aliphatic carbocycles. The van der Waals surface area contributed by atoms with Gasteiger partial charge in [0.05, 0.1) is 23.7 Å². The highest BCUT2D eigenvalue weighted by atomic mass is 19.3. The molecule has 0 amide bonds. The largest absolute Gasteiger partial charge is 0.386 e. The number of benzene rings is 2. The van der Waals surface area contributed by atoms with Crippen LogP contribution < -0.4 is 0 Å². The smallest absolute Gasteiger partial charge is 0.317 e. The van der Waals surface area contributed by atoms with E-state index >= 15 is 0 Å². The molecule has 4 rings (SSSR count). The van der Waals surface area contributed by atoms with E-state index in [9.17, 15) is 39.5 Å². The van der Waals surface area contributed by atoms with Crippen molar-refractivity contribution in [3.05, 3.63) is 76.4 Å². The summed E-state index contributed by atoms with van der Waals surface area (Å²) < 4.78 is 139. The summed E-state index contributed by atoms with van der Waals surface area (Å²) in [6, 6.07) is 5.58. The Morgan fingerprint density at radius 2 is 1.36 bits per heavy atom. The molecule has 0 aliphatic heterocycles. The Hall–Kier alpha value is -2.53. The summed E-state index contributed by atoms with van der Waals surface area (Å²) in [5.74, 6) is -8.27. The molecule has 0 unspecified atom stereocenters. The van der Waals surface area contributed by atoms with E-state index in [2.05, 4.69) is 0 Å². The van der Waals surface area contributed by atoms with Gasteiger partial charge in [0.1, 0.15) is 11.6 Å². The SMILES string of the molecule is CCCc1ccc(C(F)(F)OC2CCC(C(F)(F)OC3CCC(/C(F)=C(\F)c4ccc(F)c(F)c4)CC3)CC2)c(F)c1. The van der Waals surface area contributed by atoms with Crippen LogP contribution in [-0.4, -0.2) is 18.3 Å². The zero-order valence-electron chi connectivity index (χ0n) is 23.1. The fourth-order valence-electron chi connectivity index (χ4n) is 5.73. The minimum absolute atomic E-state index is 0.00925. The Bertz CT molecular complexity index is 1250. The number of allylic oxidation sites excluding steroid dienone is 1. The zero-order chi connectivity index (χ0) is 30.7. The third-order valence-corrected chi connectivity index (χ3v) is 8.09. The second kappa shape index (κ2) is 13.4. The second-order valence-corrected chi connectivity index (χ2v) is 11.1. The summed E-state index contributed by atoms with van der Waals surface area (Å²) in [5.41, 5.74) is -0.769. The zero-order valence-corrected chi connectivity index (χ0v) is 23.1. The van der Waals surface area contributed by atoms with Gasteiger partial charge < -0.3 is 9.47 Å². The van der Waals surface area contributed by atoms with Gasteiger partial charge >= 0.3 is 12.2 Å². The monoisotopic (exact) mass is 608 g/mol. The van der Waals surface area contributed by atoms with Crippen LogP contribution in [-0.2, 0) is 22.0 Å². The van der Waals surface area contributed by atoms with Gasteiger partial charge in [-0.25, -0.2) is 22.0 Å². The molecule has 2 aliphatic rings. The first-order chi connectivity index (χ1) is 19.8. The quantitative estimate of drug-likeness (QED) is 0.250. The van der Waals surface area contributed by atoms with E-state index in [0.29, 0.717) is 24.1 Å². The topological polar surface area (TPSA) is 18.5 Å². The van der Waals surface area contributed by atoms with Crippen LogP contribution in [0.3, 0.4) is 0 Å². The van der Waals surface area contributed by atoms with Crippen LogP contribution in [0.5, 0.6) is 0 Å². The summed E-state index contributed by atoms with van der Waals surface area (Å²) in [6.07, 6.45) is -8.64. The summed E-state index contributed by atoms with van der Waals surface area (Å²) in [7, 11) is 0. The van der Waals surface area contributed by atoms with Crippen LogP contribution >= 0.6 is 0 Å². The van der Waals surface area contributed by atoms with Crippen LogP contribution in [0, 0.1) is 29.3 Å². The van der Waals surface area contributed by atoms with Gasteiger partial charge in [0.25, 0.3) is 0 Å². The molecular formula is C31H33F9O2. The van der Waals surface area contributed by atoms with Crippen molar-refractivity contribution in [2.24, 2.45) is 11.8 Å². The molecule has 0 N–H and O–H groups in total. The molecular weight excluding hydrogens is 575 g/mol. The number of hydrogen-bond acceptors (Lipinski definition) is 2. The van der Waals surface area contributed by atoms with Gasteiger partial charge in [-0.05, 0) is 93.7 Å². The fraction of sp³-hybridized carbons (Fsp3) is 0.548. The molecule has 0 aromatic heterocycles. The molecule has 11 heteroatoms. The summed E-state index contributed by atoms with van der Waals surface area (Å²) in [6.45, 7) is 1.88. The maximum atomic E-state index is 15.0. The predicted octanol–water partition coefficient (Wildman–Crippen LogP) is 10.2. The third-order valence-electron chi connectivity index (χ3n) is 8.09. The van der Waals surface area contributed by atoms with Crippen molar-refractivity contribution >= 4 is 5.83 Å². The standard InChI is InChI=1S/C31H33F9O2/c1-2-3-18-4-14-24(26(33)16-18)31(39,40)42-23-12-8-21(9-13-23)30(37,38)41-22-10-5-19(6-11-22)28(35)29(36)20-7-15-25(32)27(34)17-20/h4,7,14-17,19,21-23H,2-3,5-6,8-13H2,1H3/b29-28+. The van der Waals surface area contributed by atoms with Crippen molar-refractivity contribution in [1.29, 1.82) is 0 Å². The summed E-state index contributed by atoms with van der Waals surface area (Å²) >= 11 is 0. The van der Waals surface area contributed by atoms with Crippen molar-refractivity contribution in [3.63, 3.8) is 0 Å². The minimum Gasteiger partial charge on any atom is -0.317 e. The fourth-order valence-corrected chi connectivity index (χ4v) is 5.73. The first-order valence-electron chi connectivity index (χ1n) is 14.2. The average molecular weight is 609 g/mol. The molecule has 0 spiro atoms.